The van der Waals surface area contributed by atoms with Gasteiger partial charge in [-0.1, -0.05) is 19.3 Å². The van der Waals surface area contributed by atoms with Crippen molar-refractivity contribution in [2.45, 2.75) is 51.4 Å². The van der Waals surface area contributed by atoms with Crippen LogP contribution in [0.15, 0.2) is 18.2 Å². The first kappa shape index (κ1) is 18.0. The van der Waals surface area contributed by atoms with Crippen LogP contribution in [0.3, 0.4) is 0 Å². The summed E-state index contributed by atoms with van der Waals surface area (Å²) in [5.41, 5.74) is 2.76. The number of hydrogen-bond acceptors (Lipinski definition) is 3. The van der Waals surface area contributed by atoms with Gasteiger partial charge < -0.3 is 14.8 Å². The van der Waals surface area contributed by atoms with Gasteiger partial charge >= 0.3 is 0 Å². The van der Waals surface area contributed by atoms with Crippen molar-refractivity contribution in [1.29, 1.82) is 0 Å². The number of aryl methyl sites for hydroxylation is 1. The van der Waals surface area contributed by atoms with Gasteiger partial charge in [0.05, 0.1) is 11.0 Å². The van der Waals surface area contributed by atoms with Crippen LogP contribution in [0, 0.1) is 5.92 Å². The Morgan fingerprint density at radius 2 is 2.04 bits per heavy atom. The number of rotatable bonds is 5. The van der Waals surface area contributed by atoms with E-state index in [1.165, 1.54) is 6.42 Å². The van der Waals surface area contributed by atoms with E-state index in [-0.39, 0.29) is 17.7 Å². The number of amides is 2. The maximum absolute atomic E-state index is 12.5. The van der Waals surface area contributed by atoms with E-state index in [1.807, 2.05) is 30.1 Å². The molecule has 6 heteroatoms. The molecule has 1 aliphatic carbocycles. The number of likely N-dealkylation sites (tertiary alicyclic amines) is 1. The van der Waals surface area contributed by atoms with Gasteiger partial charge in [-0.25, -0.2) is 4.98 Å². The van der Waals surface area contributed by atoms with E-state index in [9.17, 15) is 9.59 Å². The molecule has 2 aliphatic rings. The molecule has 1 aliphatic heterocycles. The molecule has 1 N–H and O–H groups in total. The molecule has 6 nitrogen and oxygen atoms in total. The topological polar surface area (TPSA) is 67.2 Å². The minimum atomic E-state index is 0.137. The van der Waals surface area contributed by atoms with Crippen molar-refractivity contribution < 1.29 is 9.59 Å². The molecule has 2 heterocycles. The fourth-order valence-corrected chi connectivity index (χ4v) is 4.34. The van der Waals surface area contributed by atoms with Gasteiger partial charge in [-0.05, 0) is 37.5 Å². The summed E-state index contributed by atoms with van der Waals surface area (Å²) in [5.74, 6) is 1.51. The molecule has 4 rings (SSSR count). The Kier molecular flexibility index (Phi) is 5.14. The molecule has 27 heavy (non-hydrogen) atoms. The van der Waals surface area contributed by atoms with Crippen LogP contribution in [0.5, 0.6) is 0 Å². The average Bonchev–Trinajstić information content (AvgIpc) is 3.23. The second-order valence-electron chi connectivity index (χ2n) is 7.85. The Balaban J connectivity index is 1.45. The third kappa shape index (κ3) is 3.84. The van der Waals surface area contributed by atoms with Crippen molar-refractivity contribution in [2.24, 2.45) is 13.0 Å². The molecular weight excluding hydrogens is 340 g/mol. The molecule has 2 fully saturated rings. The van der Waals surface area contributed by atoms with Gasteiger partial charge in [-0.15, -0.1) is 0 Å². The molecule has 2 amide bonds. The molecular formula is C21H28N4O2. The highest BCUT2D eigenvalue weighted by atomic mass is 16.2. The molecule has 0 spiro atoms. The van der Waals surface area contributed by atoms with Gasteiger partial charge in [0.2, 0.25) is 11.8 Å². The number of nitrogens with one attached hydrogen (secondary N) is 1. The lowest BCUT2D eigenvalue weighted by atomic mass is 9.88. The van der Waals surface area contributed by atoms with E-state index >= 15 is 0 Å². The highest BCUT2D eigenvalue weighted by Crippen LogP contribution is 2.26. The first-order valence-electron chi connectivity index (χ1n) is 10.2. The van der Waals surface area contributed by atoms with E-state index in [0.29, 0.717) is 6.42 Å². The lowest BCUT2D eigenvalue weighted by Crippen LogP contribution is -2.27. The van der Waals surface area contributed by atoms with Crippen molar-refractivity contribution in [3.8, 4) is 0 Å². The van der Waals surface area contributed by atoms with Crippen LogP contribution in [0.25, 0.3) is 11.0 Å². The van der Waals surface area contributed by atoms with E-state index in [0.717, 1.165) is 74.2 Å². The molecule has 0 atom stereocenters. The third-order valence-corrected chi connectivity index (χ3v) is 5.99. The summed E-state index contributed by atoms with van der Waals surface area (Å²) in [7, 11) is 2.01. The minimum Gasteiger partial charge on any atom is -0.342 e. The van der Waals surface area contributed by atoms with Crippen LogP contribution in [0.1, 0.15) is 50.8 Å². The van der Waals surface area contributed by atoms with Crippen molar-refractivity contribution in [3.05, 3.63) is 24.0 Å². The van der Waals surface area contributed by atoms with Crippen molar-refractivity contribution in [2.75, 3.05) is 18.4 Å². The summed E-state index contributed by atoms with van der Waals surface area (Å²) in [6, 6.07) is 5.93. The summed E-state index contributed by atoms with van der Waals surface area (Å²) in [6.07, 6.45) is 7.93. The van der Waals surface area contributed by atoms with Gasteiger partial charge in [0.1, 0.15) is 5.82 Å². The Morgan fingerprint density at radius 3 is 2.78 bits per heavy atom. The fourth-order valence-electron chi connectivity index (χ4n) is 4.34. The number of carbonyl (C=O) groups is 2. The lowest BCUT2D eigenvalue weighted by molar-refractivity contribution is -0.127. The molecule has 1 aromatic carbocycles. The van der Waals surface area contributed by atoms with E-state index in [1.54, 1.807) is 0 Å². The van der Waals surface area contributed by atoms with E-state index in [2.05, 4.69) is 9.88 Å². The smallest absolute Gasteiger partial charge is 0.227 e. The number of carbonyl (C=O) groups excluding carboxylic acids is 2. The molecule has 1 saturated heterocycles. The van der Waals surface area contributed by atoms with Crippen LogP contribution in [0.2, 0.25) is 0 Å². The molecule has 0 bridgehead atoms. The van der Waals surface area contributed by atoms with Crippen LogP contribution >= 0.6 is 0 Å². The zero-order valence-electron chi connectivity index (χ0n) is 16.0. The van der Waals surface area contributed by atoms with E-state index < -0.39 is 0 Å². The molecule has 2 aromatic rings. The van der Waals surface area contributed by atoms with Crippen molar-refractivity contribution in [3.63, 3.8) is 0 Å². The van der Waals surface area contributed by atoms with Gasteiger partial charge in [0.25, 0.3) is 0 Å². The Morgan fingerprint density at radius 1 is 1.22 bits per heavy atom. The van der Waals surface area contributed by atoms with E-state index in [4.69, 9.17) is 4.98 Å². The van der Waals surface area contributed by atoms with Gasteiger partial charge in [-0.2, -0.15) is 0 Å². The van der Waals surface area contributed by atoms with Crippen LogP contribution in [-0.4, -0.2) is 39.4 Å². The van der Waals surface area contributed by atoms with Gasteiger partial charge in [0, 0.05) is 44.6 Å². The molecule has 144 valence electrons. The summed E-state index contributed by atoms with van der Waals surface area (Å²) in [5, 5.41) is 3.07. The predicted octanol–water partition coefficient (Wildman–Crippen LogP) is 3.26. The van der Waals surface area contributed by atoms with Gasteiger partial charge in [-0.3, -0.25) is 9.59 Å². The predicted molar refractivity (Wildman–Crippen MR) is 105 cm³/mol. The quantitative estimate of drug-likeness (QED) is 0.881. The Hall–Kier alpha value is -2.37. The first-order chi connectivity index (χ1) is 13.1. The molecule has 0 unspecified atom stereocenters. The van der Waals surface area contributed by atoms with Crippen molar-refractivity contribution in [1.82, 2.24) is 14.5 Å². The zero-order chi connectivity index (χ0) is 18.8. The number of anilines is 1. The summed E-state index contributed by atoms with van der Waals surface area (Å²) in [6.45, 7) is 1.58. The Bertz CT molecular complexity index is 851. The fraction of sp³-hybridized carbons (Fsp3) is 0.571. The number of aromatic nitrogens is 2. The normalized spacial score (nSPS) is 18.4. The largest absolute Gasteiger partial charge is 0.342 e. The summed E-state index contributed by atoms with van der Waals surface area (Å²) < 4.78 is 2.09. The van der Waals surface area contributed by atoms with Crippen LogP contribution in [0.4, 0.5) is 5.69 Å². The number of nitrogens with zero attached hydrogens (tertiary/aromatic N) is 3. The molecule has 1 saturated carbocycles. The monoisotopic (exact) mass is 368 g/mol. The standard InChI is InChI=1S/C21H28N4O2/c1-24-18-10-9-16(22-21(27)15-6-3-2-4-7-15)14-17(18)23-19(24)11-13-25-12-5-8-20(25)26/h9-10,14-15H,2-8,11-13H2,1H3,(H,22,27). The van der Waals surface area contributed by atoms with Crippen molar-refractivity contribution >= 4 is 28.5 Å². The van der Waals surface area contributed by atoms with Gasteiger partial charge in [0.15, 0.2) is 0 Å². The third-order valence-electron chi connectivity index (χ3n) is 5.99. The average molecular weight is 368 g/mol. The van der Waals surface area contributed by atoms with Crippen LogP contribution < -0.4 is 5.32 Å². The Labute approximate surface area is 159 Å². The second kappa shape index (κ2) is 7.71. The maximum atomic E-state index is 12.5. The highest BCUT2D eigenvalue weighted by Gasteiger charge is 2.22. The number of hydrogen-bond donors (Lipinski definition) is 1. The van der Waals surface area contributed by atoms with Crippen LogP contribution in [-0.2, 0) is 23.1 Å². The molecule has 0 radical (unpaired) electrons. The highest BCUT2D eigenvalue weighted by molar-refractivity contribution is 5.94. The first-order valence-corrected chi connectivity index (χ1v) is 10.2. The minimum absolute atomic E-state index is 0.137. The second-order valence-corrected chi connectivity index (χ2v) is 7.85. The zero-order valence-corrected chi connectivity index (χ0v) is 16.0. The summed E-state index contributed by atoms with van der Waals surface area (Å²) >= 11 is 0. The molecule has 1 aromatic heterocycles. The number of fused-ring (bicyclic) bond motifs is 1. The maximum Gasteiger partial charge on any atom is 0.227 e. The number of imidazole rings is 1. The summed E-state index contributed by atoms with van der Waals surface area (Å²) in [4.78, 5) is 30.9. The lowest BCUT2D eigenvalue weighted by Gasteiger charge is -2.20. The SMILES string of the molecule is Cn1c(CCN2CCCC2=O)nc2cc(NC(=O)C3CCCCC3)ccc21. The number of benzene rings is 1.